The first-order chi connectivity index (χ1) is 12.3. The first-order valence-corrected chi connectivity index (χ1v) is 8.21. The lowest BCUT2D eigenvalue weighted by atomic mass is 10.2. The van der Waals surface area contributed by atoms with Gasteiger partial charge in [0.15, 0.2) is 5.69 Å². The van der Waals surface area contributed by atoms with Crippen molar-refractivity contribution in [3.63, 3.8) is 0 Å². The summed E-state index contributed by atoms with van der Waals surface area (Å²) in [5.41, 5.74) is 2.98. The van der Waals surface area contributed by atoms with Crippen LogP contribution in [-0.4, -0.2) is 22.4 Å². The van der Waals surface area contributed by atoms with E-state index >= 15 is 0 Å². The second-order valence-electron chi connectivity index (χ2n) is 5.47. The van der Waals surface area contributed by atoms with E-state index < -0.39 is 5.97 Å². The number of benzene rings is 2. The van der Waals surface area contributed by atoms with Crippen molar-refractivity contribution in [3.8, 4) is 5.69 Å². The zero-order valence-electron chi connectivity index (χ0n) is 14.1. The molecule has 0 aliphatic heterocycles. The van der Waals surface area contributed by atoms with E-state index in [1.165, 1.54) is 0 Å². The fourth-order valence-corrected chi connectivity index (χ4v) is 2.46. The number of aromatic nitrogens is 2. The van der Waals surface area contributed by atoms with Gasteiger partial charge in [-0.1, -0.05) is 48.5 Å². The molecule has 2 aromatic carbocycles. The molecule has 0 radical (unpaired) electrons. The molecular weight excluding hydrogens is 316 g/mol. The summed E-state index contributed by atoms with van der Waals surface area (Å²) in [5.74, 6) is -0.395. The van der Waals surface area contributed by atoms with Gasteiger partial charge in [-0.05, 0) is 30.7 Å². The zero-order chi connectivity index (χ0) is 17.5. The van der Waals surface area contributed by atoms with E-state index in [1.54, 1.807) is 17.7 Å². The van der Waals surface area contributed by atoms with Crippen molar-refractivity contribution in [2.75, 3.05) is 6.61 Å². The highest BCUT2D eigenvalue weighted by atomic mass is 16.5. The van der Waals surface area contributed by atoms with Crippen molar-refractivity contribution in [1.29, 1.82) is 0 Å². The van der Waals surface area contributed by atoms with Crippen molar-refractivity contribution in [2.24, 2.45) is 0 Å². The molecular formula is C20H20N2O3. The number of rotatable bonds is 7. The number of ether oxygens (including phenoxy) is 2. The summed E-state index contributed by atoms with van der Waals surface area (Å²) in [5, 5.41) is 4.51. The number of carbonyl (C=O) groups excluding carboxylic acids is 1. The lowest BCUT2D eigenvalue weighted by Crippen LogP contribution is -2.11. The number of esters is 1. The van der Waals surface area contributed by atoms with E-state index in [2.05, 4.69) is 5.10 Å². The Balaban J connectivity index is 1.77. The summed E-state index contributed by atoms with van der Waals surface area (Å²) < 4.78 is 12.5. The van der Waals surface area contributed by atoms with Crippen molar-refractivity contribution in [1.82, 2.24) is 9.78 Å². The second kappa shape index (κ2) is 8.26. The van der Waals surface area contributed by atoms with Gasteiger partial charge in [-0.2, -0.15) is 5.10 Å². The Morgan fingerprint density at radius 3 is 2.36 bits per heavy atom. The fraction of sp³-hybridized carbons (Fsp3) is 0.200. The number of nitrogens with zero attached hydrogens (tertiary/aromatic N) is 2. The number of hydrogen-bond donors (Lipinski definition) is 0. The van der Waals surface area contributed by atoms with Gasteiger partial charge in [0.1, 0.15) is 0 Å². The summed E-state index contributed by atoms with van der Waals surface area (Å²) in [4.78, 5) is 12.2. The third kappa shape index (κ3) is 4.33. The van der Waals surface area contributed by atoms with Crippen LogP contribution in [0.1, 0.15) is 28.7 Å². The van der Waals surface area contributed by atoms with Crippen molar-refractivity contribution in [3.05, 3.63) is 83.7 Å². The van der Waals surface area contributed by atoms with E-state index in [1.807, 2.05) is 60.7 Å². The summed E-state index contributed by atoms with van der Waals surface area (Å²) in [6.45, 7) is 2.92. The average Bonchev–Trinajstić information content (AvgIpc) is 3.08. The van der Waals surface area contributed by atoms with Crippen LogP contribution in [0.25, 0.3) is 5.69 Å². The van der Waals surface area contributed by atoms with Crippen LogP contribution in [0.15, 0.2) is 66.7 Å². The molecule has 0 spiro atoms. The molecule has 1 heterocycles. The maximum Gasteiger partial charge on any atom is 0.357 e. The Hall–Kier alpha value is -2.92. The lowest BCUT2D eigenvalue weighted by molar-refractivity contribution is 0.0515. The topological polar surface area (TPSA) is 53.4 Å². The first-order valence-electron chi connectivity index (χ1n) is 8.21. The molecule has 5 nitrogen and oxygen atoms in total. The standard InChI is InChI=1S/C20H20N2O3/c1-2-25-20(23)19-13-17(15-24-14-16-9-5-3-6-10-16)21-22(19)18-11-7-4-8-12-18/h3-13H,2,14-15H2,1H3. The normalized spacial score (nSPS) is 10.6. The second-order valence-corrected chi connectivity index (χ2v) is 5.47. The van der Waals surface area contributed by atoms with E-state index in [0.29, 0.717) is 31.2 Å². The van der Waals surface area contributed by atoms with Gasteiger partial charge >= 0.3 is 5.97 Å². The van der Waals surface area contributed by atoms with E-state index in [0.717, 1.165) is 11.3 Å². The van der Waals surface area contributed by atoms with Gasteiger partial charge in [-0.15, -0.1) is 0 Å². The van der Waals surface area contributed by atoms with Gasteiger partial charge in [0, 0.05) is 0 Å². The van der Waals surface area contributed by atoms with Crippen LogP contribution in [0.5, 0.6) is 0 Å². The first kappa shape index (κ1) is 16.9. The summed E-state index contributed by atoms with van der Waals surface area (Å²) in [6, 6.07) is 21.2. The molecule has 0 unspecified atom stereocenters. The van der Waals surface area contributed by atoms with Crippen molar-refractivity contribution in [2.45, 2.75) is 20.1 Å². The smallest absolute Gasteiger partial charge is 0.357 e. The quantitative estimate of drug-likeness (QED) is 0.616. The molecule has 0 fully saturated rings. The zero-order valence-corrected chi connectivity index (χ0v) is 14.1. The van der Waals surface area contributed by atoms with Crippen LogP contribution in [0.4, 0.5) is 0 Å². The largest absolute Gasteiger partial charge is 0.461 e. The molecule has 0 N–H and O–H groups in total. The molecule has 0 saturated carbocycles. The number of hydrogen-bond acceptors (Lipinski definition) is 4. The highest BCUT2D eigenvalue weighted by Gasteiger charge is 2.17. The predicted octanol–water partition coefficient (Wildman–Crippen LogP) is 3.77. The highest BCUT2D eigenvalue weighted by Crippen LogP contribution is 2.15. The van der Waals surface area contributed by atoms with E-state index in [4.69, 9.17) is 9.47 Å². The van der Waals surface area contributed by atoms with Crippen LogP contribution < -0.4 is 0 Å². The molecule has 5 heteroatoms. The molecule has 3 aromatic rings. The van der Waals surface area contributed by atoms with Gasteiger partial charge in [0.05, 0.1) is 31.2 Å². The van der Waals surface area contributed by atoms with Crippen LogP contribution in [0.3, 0.4) is 0 Å². The molecule has 128 valence electrons. The van der Waals surface area contributed by atoms with Gasteiger partial charge in [-0.25, -0.2) is 9.48 Å². The Bertz CT molecular complexity index is 813. The molecule has 0 amide bonds. The van der Waals surface area contributed by atoms with Crippen LogP contribution in [0, 0.1) is 0 Å². The van der Waals surface area contributed by atoms with E-state index in [-0.39, 0.29) is 0 Å². The number of para-hydroxylation sites is 1. The maximum absolute atomic E-state index is 12.2. The Kier molecular flexibility index (Phi) is 5.59. The molecule has 0 bridgehead atoms. The SMILES string of the molecule is CCOC(=O)c1cc(COCc2ccccc2)nn1-c1ccccc1. The van der Waals surface area contributed by atoms with Crippen molar-refractivity contribution < 1.29 is 14.3 Å². The van der Waals surface area contributed by atoms with Crippen LogP contribution >= 0.6 is 0 Å². The minimum atomic E-state index is -0.395. The molecule has 0 aliphatic carbocycles. The van der Waals surface area contributed by atoms with Crippen molar-refractivity contribution >= 4 is 5.97 Å². The molecule has 0 atom stereocenters. The Morgan fingerprint density at radius 2 is 1.68 bits per heavy atom. The van der Waals surface area contributed by atoms with Gasteiger partial charge < -0.3 is 9.47 Å². The Labute approximate surface area is 146 Å². The van der Waals surface area contributed by atoms with Gasteiger partial charge in [0.25, 0.3) is 0 Å². The molecule has 25 heavy (non-hydrogen) atoms. The average molecular weight is 336 g/mol. The highest BCUT2D eigenvalue weighted by molar-refractivity contribution is 5.88. The monoisotopic (exact) mass is 336 g/mol. The third-order valence-electron chi connectivity index (χ3n) is 3.61. The maximum atomic E-state index is 12.2. The molecule has 0 saturated heterocycles. The van der Waals surface area contributed by atoms with Gasteiger partial charge in [0.2, 0.25) is 0 Å². The predicted molar refractivity (Wildman–Crippen MR) is 94.5 cm³/mol. The summed E-state index contributed by atoms with van der Waals surface area (Å²) >= 11 is 0. The minimum Gasteiger partial charge on any atom is -0.461 e. The summed E-state index contributed by atoms with van der Waals surface area (Å²) in [6.07, 6.45) is 0. The Morgan fingerprint density at radius 1 is 1.00 bits per heavy atom. The minimum absolute atomic E-state index is 0.318. The van der Waals surface area contributed by atoms with Gasteiger partial charge in [-0.3, -0.25) is 0 Å². The van der Waals surface area contributed by atoms with Crippen LogP contribution in [0.2, 0.25) is 0 Å². The third-order valence-corrected chi connectivity index (χ3v) is 3.61. The number of carbonyl (C=O) groups is 1. The van der Waals surface area contributed by atoms with E-state index in [9.17, 15) is 4.79 Å². The summed E-state index contributed by atoms with van der Waals surface area (Å²) in [7, 11) is 0. The molecule has 0 aliphatic rings. The fourth-order valence-electron chi connectivity index (χ4n) is 2.46. The lowest BCUT2D eigenvalue weighted by Gasteiger charge is -2.06. The molecule has 1 aromatic heterocycles. The van der Waals surface area contributed by atoms with Crippen LogP contribution in [-0.2, 0) is 22.7 Å². The molecule has 3 rings (SSSR count).